The van der Waals surface area contributed by atoms with Crippen molar-refractivity contribution in [1.29, 1.82) is 0 Å². The van der Waals surface area contributed by atoms with Crippen molar-refractivity contribution in [2.45, 2.75) is 10.6 Å². The van der Waals surface area contributed by atoms with Crippen LogP contribution in [-0.2, 0) is 10.0 Å². The van der Waals surface area contributed by atoms with Crippen molar-refractivity contribution in [3.8, 4) is 11.5 Å². The number of ether oxygens (including phenoxy) is 2. The number of aromatic carboxylic acids is 1. The van der Waals surface area contributed by atoms with Crippen molar-refractivity contribution < 1.29 is 27.8 Å². The Morgan fingerprint density at radius 3 is 2.61 bits per heavy atom. The normalized spacial score (nSPS) is 14.1. The molecule has 0 bridgehead atoms. The zero-order valence-electron chi connectivity index (χ0n) is 11.8. The summed E-state index contributed by atoms with van der Waals surface area (Å²) in [5.41, 5.74) is 0.258. The third-order valence-corrected chi connectivity index (χ3v) is 5.91. The first-order valence-corrected chi connectivity index (χ1v) is 9.06. The molecule has 0 unspecified atom stereocenters. The van der Waals surface area contributed by atoms with Gasteiger partial charge >= 0.3 is 5.97 Å². The quantitative estimate of drug-likeness (QED) is 0.873. The fourth-order valence-electron chi connectivity index (χ4n) is 2.00. The lowest BCUT2D eigenvalue weighted by Gasteiger charge is -2.10. The molecule has 2 N–H and O–H groups in total. The highest BCUT2D eigenvalue weighted by Gasteiger charge is 2.20. The number of nitrogens with one attached hydrogen (secondary N) is 1. The summed E-state index contributed by atoms with van der Waals surface area (Å²) in [6, 6.07) is 5.87. The molecule has 1 aliphatic heterocycles. The van der Waals surface area contributed by atoms with Crippen molar-refractivity contribution in [1.82, 2.24) is 0 Å². The van der Waals surface area contributed by atoms with Gasteiger partial charge in [0.2, 0.25) is 0 Å². The van der Waals surface area contributed by atoms with Crippen LogP contribution >= 0.6 is 11.3 Å². The van der Waals surface area contributed by atoms with E-state index in [0.717, 1.165) is 23.8 Å². The molecule has 7 nitrogen and oxygen atoms in total. The topological polar surface area (TPSA) is 102 Å². The number of rotatable bonds is 4. The Bertz CT molecular complexity index is 843. The summed E-state index contributed by atoms with van der Waals surface area (Å²) in [5.74, 6) is -0.131. The Morgan fingerprint density at radius 2 is 1.91 bits per heavy atom. The average Bonchev–Trinajstić information content (AvgIpc) is 2.89. The maximum atomic E-state index is 12.3. The summed E-state index contributed by atoms with van der Waals surface area (Å²) in [4.78, 5) is 10.9. The smallest absolute Gasteiger partial charge is 0.336 e. The van der Waals surface area contributed by atoms with E-state index >= 15 is 0 Å². The molecule has 122 valence electrons. The van der Waals surface area contributed by atoms with Crippen LogP contribution in [0, 0.1) is 0 Å². The van der Waals surface area contributed by atoms with E-state index in [1.54, 1.807) is 18.2 Å². The van der Waals surface area contributed by atoms with Gasteiger partial charge in [-0.1, -0.05) is 0 Å². The van der Waals surface area contributed by atoms with Crippen molar-refractivity contribution >= 4 is 33.0 Å². The van der Waals surface area contributed by atoms with Crippen LogP contribution in [0.15, 0.2) is 33.9 Å². The van der Waals surface area contributed by atoms with Gasteiger partial charge in [0, 0.05) is 17.9 Å². The monoisotopic (exact) mass is 355 g/mol. The minimum Gasteiger partial charge on any atom is -0.490 e. The Morgan fingerprint density at radius 1 is 1.17 bits per heavy atom. The van der Waals surface area contributed by atoms with E-state index in [1.807, 2.05) is 0 Å². The Balaban J connectivity index is 1.85. The first kappa shape index (κ1) is 15.6. The molecule has 0 spiro atoms. The van der Waals surface area contributed by atoms with E-state index in [-0.39, 0.29) is 9.77 Å². The first-order valence-electron chi connectivity index (χ1n) is 6.70. The van der Waals surface area contributed by atoms with E-state index in [9.17, 15) is 13.2 Å². The van der Waals surface area contributed by atoms with Crippen LogP contribution < -0.4 is 14.2 Å². The molecule has 1 aliphatic rings. The average molecular weight is 355 g/mol. The summed E-state index contributed by atoms with van der Waals surface area (Å²) in [7, 11) is -3.85. The van der Waals surface area contributed by atoms with Gasteiger partial charge in [-0.2, -0.15) is 0 Å². The Kier molecular flexibility index (Phi) is 4.14. The van der Waals surface area contributed by atoms with Crippen LogP contribution in [0.2, 0.25) is 0 Å². The number of carboxylic acid groups (broad SMARTS) is 1. The van der Waals surface area contributed by atoms with Crippen molar-refractivity contribution in [3.63, 3.8) is 0 Å². The molecule has 1 aromatic carbocycles. The Labute approximate surface area is 136 Å². The van der Waals surface area contributed by atoms with Gasteiger partial charge in [-0.25, -0.2) is 13.2 Å². The number of anilines is 1. The predicted molar refractivity (Wildman–Crippen MR) is 84.1 cm³/mol. The van der Waals surface area contributed by atoms with Gasteiger partial charge in [-0.15, -0.1) is 11.3 Å². The van der Waals surface area contributed by atoms with Crippen LogP contribution in [0.5, 0.6) is 11.5 Å². The van der Waals surface area contributed by atoms with E-state index in [4.69, 9.17) is 14.6 Å². The zero-order chi connectivity index (χ0) is 16.4. The van der Waals surface area contributed by atoms with Crippen LogP contribution in [0.25, 0.3) is 0 Å². The molecular formula is C14H13NO6S2. The van der Waals surface area contributed by atoms with Crippen LogP contribution in [-0.4, -0.2) is 32.7 Å². The second kappa shape index (κ2) is 6.09. The van der Waals surface area contributed by atoms with E-state index in [1.165, 1.54) is 5.38 Å². The number of thiophene rings is 1. The van der Waals surface area contributed by atoms with E-state index < -0.39 is 16.0 Å². The second-order valence-electron chi connectivity index (χ2n) is 4.78. The molecule has 0 aliphatic carbocycles. The van der Waals surface area contributed by atoms with Crippen LogP contribution in [0.3, 0.4) is 0 Å². The summed E-state index contributed by atoms with van der Waals surface area (Å²) in [6.07, 6.45) is 0.753. The number of hydrogen-bond donors (Lipinski definition) is 2. The molecule has 1 aromatic heterocycles. The van der Waals surface area contributed by atoms with E-state index in [0.29, 0.717) is 30.4 Å². The van der Waals surface area contributed by atoms with Crippen LogP contribution in [0.4, 0.5) is 5.69 Å². The first-order chi connectivity index (χ1) is 11.0. The maximum absolute atomic E-state index is 12.3. The Hall–Kier alpha value is -2.26. The molecule has 0 fully saturated rings. The fourth-order valence-corrected chi connectivity index (χ4v) is 4.20. The van der Waals surface area contributed by atoms with Crippen LogP contribution in [0.1, 0.15) is 16.8 Å². The molecule has 0 radical (unpaired) electrons. The fraction of sp³-hybridized carbons (Fsp3) is 0.214. The minimum atomic E-state index is -3.85. The lowest BCUT2D eigenvalue weighted by atomic mass is 10.3. The van der Waals surface area contributed by atoms with Gasteiger partial charge in [0.1, 0.15) is 4.21 Å². The third kappa shape index (κ3) is 3.40. The van der Waals surface area contributed by atoms with Gasteiger partial charge in [-0.3, -0.25) is 4.72 Å². The lowest BCUT2D eigenvalue weighted by Crippen LogP contribution is -2.11. The highest BCUT2D eigenvalue weighted by Crippen LogP contribution is 2.33. The van der Waals surface area contributed by atoms with Crippen molar-refractivity contribution in [2.75, 3.05) is 17.9 Å². The predicted octanol–water partition coefficient (Wildman–Crippen LogP) is 2.41. The number of benzene rings is 1. The molecule has 3 rings (SSSR count). The molecule has 2 aromatic rings. The van der Waals surface area contributed by atoms with Gasteiger partial charge in [0.25, 0.3) is 10.0 Å². The second-order valence-corrected chi connectivity index (χ2v) is 7.60. The summed E-state index contributed by atoms with van der Waals surface area (Å²) in [5, 5.41) is 10.2. The molecule has 2 heterocycles. The largest absolute Gasteiger partial charge is 0.490 e. The lowest BCUT2D eigenvalue weighted by molar-refractivity contribution is 0.0697. The molecule has 23 heavy (non-hydrogen) atoms. The highest BCUT2D eigenvalue weighted by molar-refractivity contribution is 7.94. The van der Waals surface area contributed by atoms with Gasteiger partial charge in [0.15, 0.2) is 11.5 Å². The molecule has 9 heteroatoms. The number of carboxylic acids is 1. The maximum Gasteiger partial charge on any atom is 0.336 e. The number of fused-ring (bicyclic) bond motifs is 1. The summed E-state index contributed by atoms with van der Waals surface area (Å²) in [6.45, 7) is 1.04. The molecule has 0 saturated heterocycles. The highest BCUT2D eigenvalue weighted by atomic mass is 32.2. The standard InChI is InChI=1S/C14H13NO6S2/c16-14(17)9-6-13(22-8-9)23(18,19)15-10-2-3-11-12(7-10)21-5-1-4-20-11/h2-3,6-8,15H,1,4-5H2,(H,16,17). The van der Waals surface area contributed by atoms with Crippen molar-refractivity contribution in [3.05, 3.63) is 35.2 Å². The summed E-state index contributed by atoms with van der Waals surface area (Å²) >= 11 is 0.849. The zero-order valence-corrected chi connectivity index (χ0v) is 13.4. The van der Waals surface area contributed by atoms with Crippen molar-refractivity contribution in [2.24, 2.45) is 0 Å². The van der Waals surface area contributed by atoms with Gasteiger partial charge < -0.3 is 14.6 Å². The van der Waals surface area contributed by atoms with Gasteiger partial charge in [-0.05, 0) is 18.2 Å². The number of hydrogen-bond acceptors (Lipinski definition) is 6. The van der Waals surface area contributed by atoms with E-state index in [2.05, 4.69) is 4.72 Å². The molecule has 0 atom stereocenters. The SMILES string of the molecule is O=C(O)c1csc(S(=O)(=O)Nc2ccc3c(c2)OCCCO3)c1. The number of sulfonamides is 1. The van der Waals surface area contributed by atoms with Gasteiger partial charge in [0.05, 0.1) is 24.5 Å². The molecular weight excluding hydrogens is 342 g/mol. The molecule has 0 saturated carbocycles. The minimum absolute atomic E-state index is 0.0611. The third-order valence-electron chi connectivity index (χ3n) is 3.09. The summed E-state index contributed by atoms with van der Waals surface area (Å²) < 4.78 is 38.0. The molecule has 0 amide bonds. The number of carbonyl (C=O) groups is 1.